The lowest BCUT2D eigenvalue weighted by atomic mass is 10.1. The van der Waals surface area contributed by atoms with Gasteiger partial charge in [0.15, 0.2) is 6.29 Å². The number of furan rings is 2. The highest BCUT2D eigenvalue weighted by molar-refractivity contribution is 5.94. The fourth-order valence-electron chi connectivity index (χ4n) is 1.34. The Bertz CT molecular complexity index is 497. The molecule has 0 bridgehead atoms. The molecule has 0 saturated heterocycles. The van der Waals surface area contributed by atoms with Crippen molar-refractivity contribution < 1.29 is 13.6 Å². The number of aliphatic imine (C=N–C) groups is 1. The van der Waals surface area contributed by atoms with Gasteiger partial charge in [0.25, 0.3) is 0 Å². The summed E-state index contributed by atoms with van der Waals surface area (Å²) in [5, 5.41) is 2.76. The highest BCUT2D eigenvalue weighted by Gasteiger charge is 2.15. The van der Waals surface area contributed by atoms with Gasteiger partial charge in [0.2, 0.25) is 5.88 Å². The van der Waals surface area contributed by atoms with E-state index in [1.54, 1.807) is 19.2 Å². The lowest BCUT2D eigenvalue weighted by Crippen LogP contribution is -1.96. The van der Waals surface area contributed by atoms with E-state index in [0.29, 0.717) is 29.1 Å². The van der Waals surface area contributed by atoms with Crippen LogP contribution in [0, 0.1) is 0 Å². The molecule has 0 saturated carbocycles. The number of anilines is 1. The number of carbonyl (C=O) groups is 1. The van der Waals surface area contributed by atoms with Gasteiger partial charge < -0.3 is 14.2 Å². The lowest BCUT2D eigenvalue weighted by molar-refractivity contribution is 0.112. The zero-order chi connectivity index (χ0) is 11.4. The van der Waals surface area contributed by atoms with E-state index in [9.17, 15) is 4.79 Å². The molecule has 0 atom stereocenters. The second-order valence-electron chi connectivity index (χ2n) is 3.02. The van der Waals surface area contributed by atoms with E-state index in [0.717, 1.165) is 0 Å². The van der Waals surface area contributed by atoms with Crippen LogP contribution in [-0.2, 0) is 0 Å². The smallest absolute Gasteiger partial charge is 0.209 e. The van der Waals surface area contributed by atoms with Crippen LogP contribution in [0.3, 0.4) is 0 Å². The molecule has 0 spiro atoms. The SMILES string of the molecule is CN=CNc1occ(-c2ccco2)c1C=O. The molecule has 2 aromatic heterocycles. The first-order chi connectivity index (χ1) is 7.86. The molecule has 0 aliphatic heterocycles. The molecule has 5 nitrogen and oxygen atoms in total. The number of aldehydes is 1. The molecule has 0 fully saturated rings. The fraction of sp³-hybridized carbons (Fsp3) is 0.0909. The molecule has 2 rings (SSSR count). The Hall–Kier alpha value is -2.30. The van der Waals surface area contributed by atoms with Crippen LogP contribution >= 0.6 is 0 Å². The Morgan fingerprint density at radius 3 is 2.94 bits per heavy atom. The molecule has 0 unspecified atom stereocenters. The van der Waals surface area contributed by atoms with Gasteiger partial charge in [-0.3, -0.25) is 9.79 Å². The highest BCUT2D eigenvalue weighted by atomic mass is 16.4. The largest absolute Gasteiger partial charge is 0.464 e. The molecular formula is C11H10N2O3. The van der Waals surface area contributed by atoms with E-state index < -0.39 is 0 Å². The maximum Gasteiger partial charge on any atom is 0.209 e. The average Bonchev–Trinajstić information content (AvgIpc) is 2.94. The number of carbonyl (C=O) groups excluding carboxylic acids is 1. The monoisotopic (exact) mass is 218 g/mol. The zero-order valence-corrected chi connectivity index (χ0v) is 8.64. The molecule has 0 amide bonds. The van der Waals surface area contributed by atoms with Crippen LogP contribution in [-0.4, -0.2) is 19.7 Å². The van der Waals surface area contributed by atoms with Crippen LogP contribution in [0.1, 0.15) is 10.4 Å². The van der Waals surface area contributed by atoms with Gasteiger partial charge in [-0.05, 0) is 12.1 Å². The number of hydrogen-bond donors (Lipinski definition) is 1. The topological polar surface area (TPSA) is 67.7 Å². The summed E-state index contributed by atoms with van der Waals surface area (Å²) in [5.74, 6) is 0.944. The lowest BCUT2D eigenvalue weighted by Gasteiger charge is -1.95. The van der Waals surface area contributed by atoms with Crippen molar-refractivity contribution in [3.05, 3.63) is 30.2 Å². The van der Waals surface area contributed by atoms with E-state index in [-0.39, 0.29) is 0 Å². The van der Waals surface area contributed by atoms with E-state index in [4.69, 9.17) is 8.83 Å². The van der Waals surface area contributed by atoms with Crippen LogP contribution in [0.15, 0.2) is 38.5 Å². The molecule has 5 heteroatoms. The van der Waals surface area contributed by atoms with Gasteiger partial charge in [0.05, 0.1) is 23.7 Å². The molecule has 1 N–H and O–H groups in total. The molecule has 2 heterocycles. The summed E-state index contributed by atoms with van der Waals surface area (Å²) in [6.45, 7) is 0. The van der Waals surface area contributed by atoms with Crippen molar-refractivity contribution in [2.24, 2.45) is 4.99 Å². The summed E-state index contributed by atoms with van der Waals surface area (Å²) < 4.78 is 10.4. The number of nitrogens with one attached hydrogen (secondary N) is 1. The van der Waals surface area contributed by atoms with Crippen LogP contribution in [0.25, 0.3) is 11.3 Å². The Labute approximate surface area is 91.8 Å². The van der Waals surface area contributed by atoms with Crippen molar-refractivity contribution in [2.75, 3.05) is 12.4 Å². The molecular weight excluding hydrogens is 208 g/mol. The normalized spacial score (nSPS) is 10.8. The van der Waals surface area contributed by atoms with Crippen molar-refractivity contribution in [3.63, 3.8) is 0 Å². The third-order valence-electron chi connectivity index (χ3n) is 2.06. The van der Waals surface area contributed by atoms with E-state index in [1.165, 1.54) is 18.9 Å². The quantitative estimate of drug-likeness (QED) is 0.486. The van der Waals surface area contributed by atoms with Crippen LogP contribution < -0.4 is 5.32 Å². The van der Waals surface area contributed by atoms with Crippen molar-refractivity contribution in [2.45, 2.75) is 0 Å². The summed E-state index contributed by atoms with van der Waals surface area (Å²) in [4.78, 5) is 14.7. The maximum atomic E-state index is 11.0. The van der Waals surface area contributed by atoms with Crippen molar-refractivity contribution in [1.82, 2.24) is 0 Å². The predicted octanol–water partition coefficient (Wildman–Crippen LogP) is 2.42. The van der Waals surface area contributed by atoms with Crippen LogP contribution in [0.2, 0.25) is 0 Å². The minimum absolute atomic E-state index is 0.354. The van der Waals surface area contributed by atoms with Gasteiger partial charge in [0.1, 0.15) is 12.0 Å². The number of nitrogens with zero attached hydrogens (tertiary/aromatic N) is 1. The third-order valence-corrected chi connectivity index (χ3v) is 2.06. The van der Waals surface area contributed by atoms with E-state index in [2.05, 4.69) is 10.3 Å². The second kappa shape index (κ2) is 4.48. The maximum absolute atomic E-state index is 11.0. The molecule has 0 aromatic carbocycles. The molecule has 2 aromatic rings. The Morgan fingerprint density at radius 1 is 1.44 bits per heavy atom. The van der Waals surface area contributed by atoms with Crippen molar-refractivity contribution in [3.8, 4) is 11.3 Å². The first-order valence-corrected chi connectivity index (χ1v) is 4.64. The van der Waals surface area contributed by atoms with Crippen molar-refractivity contribution in [1.29, 1.82) is 0 Å². The Balaban J connectivity index is 2.40. The highest BCUT2D eigenvalue weighted by Crippen LogP contribution is 2.30. The average molecular weight is 218 g/mol. The summed E-state index contributed by atoms with van der Waals surface area (Å²) in [6.07, 6.45) is 5.16. The number of hydrogen-bond acceptors (Lipinski definition) is 4. The van der Waals surface area contributed by atoms with Gasteiger partial charge in [-0.15, -0.1) is 0 Å². The Kier molecular flexibility index (Phi) is 2.86. The summed E-state index contributed by atoms with van der Waals surface area (Å²) >= 11 is 0. The molecule has 0 aliphatic rings. The molecule has 16 heavy (non-hydrogen) atoms. The fourth-order valence-corrected chi connectivity index (χ4v) is 1.34. The van der Waals surface area contributed by atoms with E-state index in [1.807, 2.05) is 0 Å². The molecule has 0 aliphatic carbocycles. The van der Waals surface area contributed by atoms with Gasteiger partial charge in [-0.2, -0.15) is 0 Å². The van der Waals surface area contributed by atoms with Crippen LogP contribution in [0.4, 0.5) is 5.88 Å². The second-order valence-corrected chi connectivity index (χ2v) is 3.02. The summed E-state index contributed by atoms with van der Waals surface area (Å²) in [6, 6.07) is 3.51. The van der Waals surface area contributed by atoms with Gasteiger partial charge >= 0.3 is 0 Å². The Morgan fingerprint density at radius 2 is 2.31 bits per heavy atom. The first kappa shape index (κ1) is 10.2. The third kappa shape index (κ3) is 1.75. The first-order valence-electron chi connectivity index (χ1n) is 4.64. The van der Waals surface area contributed by atoms with Crippen LogP contribution in [0.5, 0.6) is 0 Å². The van der Waals surface area contributed by atoms with Crippen molar-refractivity contribution >= 4 is 18.5 Å². The summed E-state index contributed by atoms with van der Waals surface area (Å²) in [5.41, 5.74) is 1.03. The van der Waals surface area contributed by atoms with Gasteiger partial charge in [-0.25, -0.2) is 0 Å². The minimum Gasteiger partial charge on any atom is -0.464 e. The van der Waals surface area contributed by atoms with Gasteiger partial charge in [-0.1, -0.05) is 0 Å². The van der Waals surface area contributed by atoms with E-state index >= 15 is 0 Å². The molecule has 0 radical (unpaired) electrons. The summed E-state index contributed by atoms with van der Waals surface area (Å²) in [7, 11) is 1.62. The zero-order valence-electron chi connectivity index (χ0n) is 8.64. The minimum atomic E-state index is 0.354. The molecule has 82 valence electrons. The number of rotatable bonds is 4. The predicted molar refractivity (Wildman–Crippen MR) is 59.8 cm³/mol. The standard InChI is InChI=1S/C11H10N2O3/c1-12-7-13-11-8(5-14)9(6-16-11)10-3-2-4-15-10/h2-7H,1H3,(H,12,13). The van der Waals surface area contributed by atoms with Gasteiger partial charge in [0, 0.05) is 7.05 Å².